The van der Waals surface area contributed by atoms with E-state index in [1.807, 2.05) is 24.0 Å². The van der Waals surface area contributed by atoms with Gasteiger partial charge in [0.25, 0.3) is 0 Å². The molecular weight excluding hydrogens is 328 g/mol. The highest BCUT2D eigenvalue weighted by atomic mass is 32.1. The molecule has 1 fully saturated rings. The Balaban J connectivity index is 2.02. The van der Waals surface area contributed by atoms with Crippen molar-refractivity contribution in [1.29, 1.82) is 0 Å². The van der Waals surface area contributed by atoms with Crippen LogP contribution in [0.5, 0.6) is 11.5 Å². The predicted molar refractivity (Wildman–Crippen MR) is 96.7 cm³/mol. The van der Waals surface area contributed by atoms with Gasteiger partial charge in [-0.25, -0.2) is 0 Å². The van der Waals surface area contributed by atoms with Crippen molar-refractivity contribution in [2.75, 3.05) is 39.2 Å². The van der Waals surface area contributed by atoms with Gasteiger partial charge in [0.1, 0.15) is 11.5 Å². The average molecular weight is 352 g/mol. The zero-order valence-electron chi connectivity index (χ0n) is 14.3. The molecule has 1 heterocycles. The highest BCUT2D eigenvalue weighted by Crippen LogP contribution is 2.26. The van der Waals surface area contributed by atoms with E-state index in [0.717, 1.165) is 25.1 Å². The molecule has 0 aliphatic carbocycles. The molecular formula is C17H24N2O4S. The van der Waals surface area contributed by atoms with Crippen LogP contribution in [-0.2, 0) is 9.53 Å². The first-order valence-electron chi connectivity index (χ1n) is 8.03. The van der Waals surface area contributed by atoms with Gasteiger partial charge >= 0.3 is 5.97 Å². The van der Waals surface area contributed by atoms with Crippen LogP contribution >= 0.6 is 12.2 Å². The number of anilines is 1. The summed E-state index contributed by atoms with van der Waals surface area (Å²) in [5.41, 5.74) is 0.787. The summed E-state index contributed by atoms with van der Waals surface area (Å²) < 4.78 is 15.6. The molecule has 1 unspecified atom stereocenters. The van der Waals surface area contributed by atoms with E-state index >= 15 is 0 Å². The molecule has 1 N–H and O–H groups in total. The van der Waals surface area contributed by atoms with Crippen molar-refractivity contribution < 1.29 is 19.0 Å². The fourth-order valence-corrected chi connectivity index (χ4v) is 2.98. The smallest absolute Gasteiger partial charge is 0.310 e. The summed E-state index contributed by atoms with van der Waals surface area (Å²) in [6, 6.07) is 5.50. The summed E-state index contributed by atoms with van der Waals surface area (Å²) in [6.45, 7) is 3.62. The first kappa shape index (κ1) is 18.3. The van der Waals surface area contributed by atoms with Gasteiger partial charge < -0.3 is 24.4 Å². The third kappa shape index (κ3) is 4.74. The van der Waals surface area contributed by atoms with E-state index in [9.17, 15) is 4.79 Å². The number of esters is 1. The molecule has 0 amide bonds. The second-order valence-corrected chi connectivity index (χ2v) is 5.96. The van der Waals surface area contributed by atoms with E-state index in [1.54, 1.807) is 20.3 Å². The zero-order chi connectivity index (χ0) is 17.5. The van der Waals surface area contributed by atoms with Gasteiger partial charge in [-0.15, -0.1) is 0 Å². The van der Waals surface area contributed by atoms with E-state index < -0.39 is 0 Å². The minimum absolute atomic E-state index is 0.127. The monoisotopic (exact) mass is 352 g/mol. The summed E-state index contributed by atoms with van der Waals surface area (Å²) in [5.74, 6) is 1.09. The quantitative estimate of drug-likeness (QED) is 0.646. The normalized spacial score (nSPS) is 17.1. The number of thiocarbonyl (C=S) groups is 1. The predicted octanol–water partition coefficient (Wildman–Crippen LogP) is 2.68. The summed E-state index contributed by atoms with van der Waals surface area (Å²) in [7, 11) is 3.21. The molecule has 1 saturated heterocycles. The number of benzene rings is 1. The Kier molecular flexibility index (Phi) is 6.66. The van der Waals surface area contributed by atoms with Gasteiger partial charge in [-0.05, 0) is 32.0 Å². The number of carbonyl (C=O) groups excluding carboxylic acids is 1. The maximum atomic E-state index is 11.9. The molecule has 24 heavy (non-hydrogen) atoms. The van der Waals surface area contributed by atoms with Crippen LogP contribution in [0.4, 0.5) is 5.69 Å². The fourth-order valence-electron chi connectivity index (χ4n) is 2.70. The van der Waals surface area contributed by atoms with Crippen LogP contribution in [0, 0.1) is 5.92 Å². The number of carbonyl (C=O) groups is 1. The molecule has 2 rings (SSSR count). The highest BCUT2D eigenvalue weighted by molar-refractivity contribution is 7.80. The number of hydrogen-bond acceptors (Lipinski definition) is 5. The van der Waals surface area contributed by atoms with E-state index in [-0.39, 0.29) is 11.9 Å². The van der Waals surface area contributed by atoms with Gasteiger partial charge in [0.2, 0.25) is 0 Å². The summed E-state index contributed by atoms with van der Waals surface area (Å²) in [4.78, 5) is 14.0. The van der Waals surface area contributed by atoms with Crippen LogP contribution in [0.3, 0.4) is 0 Å². The third-order valence-electron chi connectivity index (χ3n) is 3.93. The molecule has 0 radical (unpaired) electrons. The van der Waals surface area contributed by atoms with E-state index in [4.69, 9.17) is 26.4 Å². The number of nitrogens with one attached hydrogen (secondary N) is 1. The first-order valence-corrected chi connectivity index (χ1v) is 8.43. The summed E-state index contributed by atoms with van der Waals surface area (Å²) >= 11 is 5.50. The number of likely N-dealkylation sites (tertiary alicyclic amines) is 1. The van der Waals surface area contributed by atoms with Crippen molar-refractivity contribution in [2.45, 2.75) is 19.8 Å². The van der Waals surface area contributed by atoms with Gasteiger partial charge in [-0.2, -0.15) is 0 Å². The average Bonchev–Trinajstić information content (AvgIpc) is 2.61. The van der Waals surface area contributed by atoms with Crippen molar-refractivity contribution in [3.63, 3.8) is 0 Å². The van der Waals surface area contributed by atoms with E-state index in [1.165, 1.54) is 0 Å². The zero-order valence-corrected chi connectivity index (χ0v) is 15.1. The van der Waals surface area contributed by atoms with E-state index in [2.05, 4.69) is 5.32 Å². The maximum Gasteiger partial charge on any atom is 0.310 e. The van der Waals surface area contributed by atoms with Crippen molar-refractivity contribution in [2.24, 2.45) is 5.92 Å². The SMILES string of the molecule is CCOC(=O)C1CCCN(C(=S)Nc2cc(OC)cc(OC)c2)C1. The largest absolute Gasteiger partial charge is 0.497 e. The van der Waals surface area contributed by atoms with Crippen LogP contribution in [0.15, 0.2) is 18.2 Å². The molecule has 1 aliphatic rings. The lowest BCUT2D eigenvalue weighted by Crippen LogP contribution is -2.44. The lowest BCUT2D eigenvalue weighted by atomic mass is 9.98. The standard InChI is InChI=1S/C17H24N2O4S/c1-4-23-16(20)12-6-5-7-19(11-12)17(24)18-13-8-14(21-2)10-15(9-13)22-3/h8-10,12H,4-7,11H2,1-3H3,(H,18,24). The molecule has 0 spiro atoms. The number of hydrogen-bond donors (Lipinski definition) is 1. The molecule has 132 valence electrons. The van der Waals surface area contributed by atoms with Gasteiger partial charge in [0.05, 0.1) is 26.7 Å². The number of rotatable bonds is 5. The Morgan fingerprint density at radius 1 is 1.29 bits per heavy atom. The Morgan fingerprint density at radius 3 is 2.54 bits per heavy atom. The molecule has 7 heteroatoms. The minimum atomic E-state index is -0.145. The Morgan fingerprint density at radius 2 is 1.96 bits per heavy atom. The second kappa shape index (κ2) is 8.73. The van der Waals surface area contributed by atoms with Crippen LogP contribution in [0.1, 0.15) is 19.8 Å². The van der Waals surface area contributed by atoms with Crippen LogP contribution < -0.4 is 14.8 Å². The van der Waals surface area contributed by atoms with Crippen LogP contribution in [0.25, 0.3) is 0 Å². The number of ether oxygens (including phenoxy) is 3. The molecule has 0 saturated carbocycles. The van der Waals surface area contributed by atoms with Crippen molar-refractivity contribution >= 4 is 29.0 Å². The van der Waals surface area contributed by atoms with Crippen LogP contribution in [0.2, 0.25) is 0 Å². The van der Waals surface area contributed by atoms with E-state index in [0.29, 0.717) is 29.8 Å². The Bertz CT molecular complexity index is 572. The highest BCUT2D eigenvalue weighted by Gasteiger charge is 2.28. The molecule has 6 nitrogen and oxygen atoms in total. The van der Waals surface area contributed by atoms with Crippen molar-refractivity contribution in [3.8, 4) is 11.5 Å². The minimum Gasteiger partial charge on any atom is -0.497 e. The summed E-state index contributed by atoms with van der Waals surface area (Å²) in [6.07, 6.45) is 1.75. The summed E-state index contributed by atoms with van der Waals surface area (Å²) in [5, 5.41) is 3.78. The molecule has 1 aromatic carbocycles. The second-order valence-electron chi connectivity index (χ2n) is 5.57. The maximum absolute atomic E-state index is 11.9. The lowest BCUT2D eigenvalue weighted by Gasteiger charge is -2.33. The number of nitrogens with zero attached hydrogens (tertiary/aromatic N) is 1. The van der Waals surface area contributed by atoms with Crippen LogP contribution in [-0.4, -0.2) is 49.9 Å². The van der Waals surface area contributed by atoms with Crippen molar-refractivity contribution in [1.82, 2.24) is 4.90 Å². The fraction of sp³-hybridized carbons (Fsp3) is 0.529. The molecule has 0 bridgehead atoms. The van der Waals surface area contributed by atoms with Gasteiger partial charge in [0.15, 0.2) is 5.11 Å². The molecule has 1 aliphatic heterocycles. The molecule has 0 aromatic heterocycles. The van der Waals surface area contributed by atoms with Gasteiger partial charge in [0, 0.05) is 37.0 Å². The number of methoxy groups -OCH3 is 2. The number of piperidine rings is 1. The van der Waals surface area contributed by atoms with Gasteiger partial charge in [-0.3, -0.25) is 4.79 Å². The lowest BCUT2D eigenvalue weighted by molar-refractivity contribution is -0.149. The van der Waals surface area contributed by atoms with Crippen molar-refractivity contribution in [3.05, 3.63) is 18.2 Å². The Labute approximate surface area is 148 Å². The van der Waals surface area contributed by atoms with Gasteiger partial charge in [-0.1, -0.05) is 0 Å². The molecule has 1 aromatic rings. The first-order chi connectivity index (χ1) is 11.6. The topological polar surface area (TPSA) is 60.0 Å². The third-order valence-corrected chi connectivity index (χ3v) is 4.29. The Hall–Kier alpha value is -2.02. The molecule has 1 atom stereocenters.